The summed E-state index contributed by atoms with van der Waals surface area (Å²) in [5, 5.41) is 135. The molecule has 6 atom stereocenters. The molecule has 65 heavy (non-hydrogen) atoms. The van der Waals surface area contributed by atoms with Crippen LogP contribution < -0.4 is 5.63 Å². The average Bonchev–Trinajstić information content (AvgIpc) is 3.59. The molecule has 338 valence electrons. The Morgan fingerprint density at radius 1 is 0.631 bits per heavy atom. The lowest BCUT2D eigenvalue weighted by Gasteiger charge is -2.43. The van der Waals surface area contributed by atoms with Crippen molar-refractivity contribution in [1.29, 1.82) is 0 Å². The number of ketones is 1. The maximum atomic E-state index is 14.3. The maximum Gasteiger partial charge on any atom is 0.344 e. The van der Waals surface area contributed by atoms with Crippen LogP contribution in [-0.4, -0.2) is 133 Å². The SMILES string of the molecule is O=C(OC1OC2COC(=O)c3cc(O)c(O)c(O)c3-c3c(cc(O)c(O)c3O)C(=O)OC(C1O)C2OC(=O)C1CC(=O)c2oc(=O)c3cc(O)c(O)c(O)c3c21)c1cc(O)c(O)c(O)c1. The number of esters is 4. The van der Waals surface area contributed by atoms with Gasteiger partial charge >= 0.3 is 29.5 Å². The molecule has 25 heteroatoms. The molecule has 0 amide bonds. The number of aliphatic hydroxyl groups is 1. The summed E-state index contributed by atoms with van der Waals surface area (Å²) in [4.78, 5) is 81.7. The molecule has 13 N–H and O–H groups in total. The Morgan fingerprint density at radius 3 is 1.77 bits per heavy atom. The van der Waals surface area contributed by atoms with Gasteiger partial charge in [0.05, 0.1) is 28.0 Å². The van der Waals surface area contributed by atoms with Crippen LogP contribution >= 0.6 is 0 Å². The van der Waals surface area contributed by atoms with E-state index in [1.807, 2.05) is 0 Å². The fraction of sp³-hybridized carbons (Fsp3) is 0.200. The molecule has 2 bridgehead atoms. The molecular formula is C40H28O25. The van der Waals surface area contributed by atoms with E-state index < -0.39 is 204 Å². The zero-order valence-electron chi connectivity index (χ0n) is 32.0. The van der Waals surface area contributed by atoms with E-state index in [1.54, 1.807) is 0 Å². The number of phenolic OH excluding ortho intramolecular Hbond substituents is 12. The second-order valence-electron chi connectivity index (χ2n) is 14.5. The lowest BCUT2D eigenvalue weighted by molar-refractivity contribution is -0.288. The minimum atomic E-state index is -2.54. The number of aromatic hydroxyl groups is 12. The summed E-state index contributed by atoms with van der Waals surface area (Å²) < 4.78 is 32.7. The van der Waals surface area contributed by atoms with Gasteiger partial charge in [-0.15, -0.1) is 0 Å². The Balaban J connectivity index is 1.27. The number of cyclic esters (lactones) is 1. The first-order valence-corrected chi connectivity index (χ1v) is 18.3. The van der Waals surface area contributed by atoms with Gasteiger partial charge in [-0.1, -0.05) is 0 Å². The van der Waals surface area contributed by atoms with Gasteiger partial charge in [0, 0.05) is 28.5 Å². The summed E-state index contributed by atoms with van der Waals surface area (Å²) in [5.41, 5.74) is -6.74. The molecule has 0 saturated carbocycles. The van der Waals surface area contributed by atoms with E-state index in [0.717, 1.165) is 0 Å². The summed E-state index contributed by atoms with van der Waals surface area (Å²) in [7, 11) is 0. The topological polar surface area (TPSA) is 425 Å². The number of ether oxygens (including phenoxy) is 5. The monoisotopic (exact) mass is 908 g/mol. The van der Waals surface area contributed by atoms with Crippen molar-refractivity contribution in [2.24, 2.45) is 0 Å². The van der Waals surface area contributed by atoms with Gasteiger partial charge in [-0.05, 0) is 30.3 Å². The van der Waals surface area contributed by atoms with Crippen molar-refractivity contribution in [3.8, 4) is 80.1 Å². The van der Waals surface area contributed by atoms with E-state index in [9.17, 15) is 95.2 Å². The summed E-state index contributed by atoms with van der Waals surface area (Å²) >= 11 is 0. The van der Waals surface area contributed by atoms with Gasteiger partial charge in [-0.25, -0.2) is 19.2 Å². The van der Waals surface area contributed by atoms with Crippen molar-refractivity contribution in [2.75, 3.05) is 6.61 Å². The number of hydrogen-bond acceptors (Lipinski definition) is 25. The minimum absolute atomic E-state index is 0.405. The third-order valence-corrected chi connectivity index (χ3v) is 10.7. The highest BCUT2D eigenvalue weighted by atomic mass is 16.7. The summed E-state index contributed by atoms with van der Waals surface area (Å²) in [5.74, 6) is -24.7. The highest BCUT2D eigenvalue weighted by Gasteiger charge is 2.54. The molecule has 2 aliphatic heterocycles. The molecule has 1 fully saturated rings. The van der Waals surface area contributed by atoms with E-state index in [0.29, 0.717) is 30.3 Å². The molecule has 1 aliphatic carbocycles. The number of benzene rings is 4. The number of carbonyl (C=O) groups is 5. The lowest BCUT2D eigenvalue weighted by Crippen LogP contribution is -2.62. The molecule has 3 aliphatic rings. The highest BCUT2D eigenvalue weighted by Crippen LogP contribution is 2.53. The Kier molecular flexibility index (Phi) is 10.0. The second kappa shape index (κ2) is 15.2. The van der Waals surface area contributed by atoms with E-state index in [4.69, 9.17) is 28.1 Å². The van der Waals surface area contributed by atoms with E-state index in [-0.39, 0.29) is 0 Å². The number of hydrogen-bond donors (Lipinski definition) is 13. The molecule has 8 rings (SSSR count). The van der Waals surface area contributed by atoms with Gasteiger partial charge in [-0.3, -0.25) is 9.59 Å². The molecule has 0 radical (unpaired) electrons. The Morgan fingerprint density at radius 2 is 1.17 bits per heavy atom. The molecule has 3 heterocycles. The zero-order valence-corrected chi connectivity index (χ0v) is 32.0. The lowest BCUT2D eigenvalue weighted by atomic mass is 9.91. The first-order valence-electron chi connectivity index (χ1n) is 18.3. The number of aliphatic hydroxyl groups excluding tert-OH is 1. The number of fused-ring (bicyclic) bond motifs is 8. The molecule has 5 aromatic rings. The minimum Gasteiger partial charge on any atom is -0.504 e. The van der Waals surface area contributed by atoms with Crippen LogP contribution in [0.2, 0.25) is 0 Å². The molecule has 1 aromatic heterocycles. The van der Waals surface area contributed by atoms with E-state index in [2.05, 4.69) is 0 Å². The van der Waals surface area contributed by atoms with Gasteiger partial charge in [0.1, 0.15) is 12.7 Å². The van der Waals surface area contributed by atoms with Crippen LogP contribution in [0.25, 0.3) is 21.9 Å². The average molecular weight is 909 g/mol. The Hall–Kier alpha value is -8.84. The predicted molar refractivity (Wildman–Crippen MR) is 202 cm³/mol. The van der Waals surface area contributed by atoms with Crippen LogP contribution in [0.15, 0.2) is 39.5 Å². The molecule has 0 spiro atoms. The third-order valence-electron chi connectivity index (χ3n) is 10.7. The van der Waals surface area contributed by atoms with E-state index in [1.165, 1.54) is 0 Å². The summed E-state index contributed by atoms with van der Waals surface area (Å²) in [6, 6.07) is 2.75. The summed E-state index contributed by atoms with van der Waals surface area (Å²) in [6.45, 7) is -1.22. The maximum absolute atomic E-state index is 14.3. The largest absolute Gasteiger partial charge is 0.504 e. The van der Waals surface area contributed by atoms with Gasteiger partial charge in [-0.2, -0.15) is 0 Å². The molecule has 25 nitrogen and oxygen atoms in total. The standard InChI is InChI=1S/C40H28O25/c41-13-1-8(2-14(42)24(13)47)35(55)65-40-31(54)34-33(63-39(59)12-6-18(46)32-23(12)22-11(37(57)62-32)5-17(45)27(50)30(22)53)19(61-40)7-60-36(56)9-3-15(43)25(48)28(51)20(9)21-10(38(58)64-34)4-16(44)26(49)29(21)52/h1-5,12,19,31,33-34,40-45,47-54H,6-7H2. The van der Waals surface area contributed by atoms with Gasteiger partial charge < -0.3 is 94.5 Å². The fourth-order valence-electron chi connectivity index (χ4n) is 7.57. The van der Waals surface area contributed by atoms with Crippen molar-refractivity contribution < 1.29 is 118 Å². The fourth-order valence-corrected chi connectivity index (χ4v) is 7.57. The quantitative estimate of drug-likeness (QED) is 0.0675. The predicted octanol–water partition coefficient (Wildman–Crippen LogP) is 0.848. The van der Waals surface area contributed by atoms with Crippen molar-refractivity contribution in [3.63, 3.8) is 0 Å². The second-order valence-corrected chi connectivity index (χ2v) is 14.5. The highest BCUT2D eigenvalue weighted by molar-refractivity contribution is 6.11. The number of carbonyl (C=O) groups excluding carboxylic acids is 5. The smallest absolute Gasteiger partial charge is 0.344 e. The normalized spacial score (nSPS) is 21.5. The third kappa shape index (κ3) is 6.73. The number of phenols is 12. The van der Waals surface area contributed by atoms with Gasteiger partial charge in [0.2, 0.25) is 23.5 Å². The zero-order chi connectivity index (χ0) is 47.2. The molecule has 4 aromatic carbocycles. The van der Waals surface area contributed by atoms with Crippen LogP contribution in [0.5, 0.6) is 69.0 Å². The van der Waals surface area contributed by atoms with Crippen molar-refractivity contribution in [1.82, 2.24) is 0 Å². The van der Waals surface area contributed by atoms with Crippen LogP contribution in [0, 0.1) is 0 Å². The first-order chi connectivity index (χ1) is 30.6. The molecule has 6 unspecified atom stereocenters. The van der Waals surface area contributed by atoms with Crippen LogP contribution in [-0.2, 0) is 28.5 Å². The Bertz CT molecular complexity index is 3000. The van der Waals surface area contributed by atoms with E-state index >= 15 is 0 Å². The number of rotatable bonds is 4. The van der Waals surface area contributed by atoms with Crippen molar-refractivity contribution >= 4 is 40.4 Å². The molecule has 1 saturated heterocycles. The van der Waals surface area contributed by atoms with Gasteiger partial charge in [0.15, 0.2) is 81.6 Å². The van der Waals surface area contributed by atoms with Crippen LogP contribution in [0.3, 0.4) is 0 Å². The first kappa shape index (κ1) is 42.8. The Labute approximate surface area is 357 Å². The summed E-state index contributed by atoms with van der Waals surface area (Å²) in [6.07, 6.45) is -12.6. The molecular weight excluding hydrogens is 880 g/mol. The van der Waals surface area contributed by atoms with Crippen molar-refractivity contribution in [3.05, 3.63) is 68.8 Å². The van der Waals surface area contributed by atoms with Crippen molar-refractivity contribution in [2.45, 2.75) is 43.0 Å². The van der Waals surface area contributed by atoms with Gasteiger partial charge in [0.25, 0.3) is 0 Å². The van der Waals surface area contributed by atoms with Crippen LogP contribution in [0.4, 0.5) is 0 Å². The van der Waals surface area contributed by atoms with Crippen LogP contribution in [0.1, 0.15) is 59.5 Å². The number of Topliss-reactive ketones (excluding diaryl/α,β-unsaturated/α-hetero) is 1.